The molecule has 0 radical (unpaired) electrons. The van der Waals surface area contributed by atoms with Crippen molar-refractivity contribution in [2.75, 3.05) is 20.2 Å². The molecular weight excluding hydrogens is 388 g/mol. The summed E-state index contributed by atoms with van der Waals surface area (Å²) in [5, 5.41) is 12.7. The molecule has 0 amide bonds. The number of ether oxygens (including phenoxy) is 1. The number of para-hydroxylation sites is 1. The van der Waals surface area contributed by atoms with E-state index in [9.17, 15) is 9.90 Å². The fourth-order valence-electron chi connectivity index (χ4n) is 4.22. The second-order valence-corrected chi connectivity index (χ2v) is 8.22. The highest BCUT2D eigenvalue weighted by molar-refractivity contribution is 6.05. The molecule has 1 aromatic heterocycles. The van der Waals surface area contributed by atoms with Crippen LogP contribution < -0.4 is 14.7 Å². The number of unbranched alkanes of at least 4 members (excludes halogenated alkanes) is 2. The van der Waals surface area contributed by atoms with Crippen LogP contribution >= 0.6 is 0 Å². The Labute approximate surface area is 183 Å². The molecule has 1 atom stereocenters. The maximum atomic E-state index is 12.0. The van der Waals surface area contributed by atoms with Crippen LogP contribution in [0.25, 0.3) is 22.6 Å². The molecule has 2 heterocycles. The lowest BCUT2D eigenvalue weighted by molar-refractivity contribution is -0.887. The summed E-state index contributed by atoms with van der Waals surface area (Å²) in [6, 6.07) is 15.4. The minimum atomic E-state index is -1.14. The van der Waals surface area contributed by atoms with Gasteiger partial charge >= 0.3 is 0 Å². The fraction of sp³-hybridized carbons (Fsp3) is 0.308. The van der Waals surface area contributed by atoms with Gasteiger partial charge in [0.05, 0.1) is 30.8 Å². The van der Waals surface area contributed by atoms with Crippen molar-refractivity contribution in [1.82, 2.24) is 4.98 Å². The van der Waals surface area contributed by atoms with Crippen LogP contribution in [0, 0.1) is 0 Å². The Morgan fingerprint density at radius 2 is 1.90 bits per heavy atom. The Hall–Kier alpha value is -3.18. The number of benzene rings is 2. The van der Waals surface area contributed by atoms with Crippen LogP contribution in [-0.4, -0.2) is 31.2 Å². The number of hydrogen-bond donors (Lipinski definition) is 1. The van der Waals surface area contributed by atoms with Gasteiger partial charge in [0.15, 0.2) is 0 Å². The van der Waals surface area contributed by atoms with Crippen molar-refractivity contribution in [1.29, 1.82) is 0 Å². The molecule has 160 valence electrons. The molecule has 1 unspecified atom stereocenters. The van der Waals surface area contributed by atoms with Gasteiger partial charge in [0.2, 0.25) is 0 Å². The molecule has 5 nitrogen and oxygen atoms in total. The van der Waals surface area contributed by atoms with Gasteiger partial charge in [0.25, 0.3) is 0 Å². The zero-order valence-corrected chi connectivity index (χ0v) is 18.1. The van der Waals surface area contributed by atoms with E-state index in [4.69, 9.17) is 9.72 Å². The summed E-state index contributed by atoms with van der Waals surface area (Å²) in [5.74, 6) is -0.276. The van der Waals surface area contributed by atoms with E-state index in [1.165, 1.54) is 17.7 Å². The SMILES string of the molecule is CCCCCOc1ccc(/C=C2\C[NH+](C)Cc3c2nc2ccccc2c3C(=O)[O-])cc1. The number of aromatic carboxylic acids is 1. The smallest absolute Gasteiger partial charge is 0.119 e. The Bertz CT molecular complexity index is 1120. The van der Waals surface area contributed by atoms with Gasteiger partial charge in [-0.3, -0.25) is 0 Å². The van der Waals surface area contributed by atoms with Crippen LogP contribution in [0.15, 0.2) is 48.5 Å². The van der Waals surface area contributed by atoms with Crippen molar-refractivity contribution in [2.24, 2.45) is 0 Å². The number of likely N-dealkylation sites (N-methyl/N-ethyl adjacent to an activating group) is 1. The van der Waals surface area contributed by atoms with Gasteiger partial charge in [0, 0.05) is 22.1 Å². The number of fused-ring (bicyclic) bond motifs is 2. The van der Waals surface area contributed by atoms with E-state index in [1.54, 1.807) is 6.07 Å². The summed E-state index contributed by atoms with van der Waals surface area (Å²) in [4.78, 5) is 18.1. The third kappa shape index (κ3) is 4.62. The van der Waals surface area contributed by atoms with E-state index in [2.05, 4.69) is 20.0 Å². The van der Waals surface area contributed by atoms with Gasteiger partial charge in [-0.1, -0.05) is 50.1 Å². The molecule has 0 saturated heterocycles. The molecule has 4 rings (SSSR count). The highest BCUT2D eigenvalue weighted by Crippen LogP contribution is 2.30. The van der Waals surface area contributed by atoms with Gasteiger partial charge in [-0.05, 0) is 36.3 Å². The largest absolute Gasteiger partial charge is 0.545 e. The van der Waals surface area contributed by atoms with Crippen molar-refractivity contribution in [3.05, 3.63) is 70.9 Å². The number of rotatable bonds is 7. The number of carbonyl (C=O) groups is 1. The molecule has 5 heteroatoms. The van der Waals surface area contributed by atoms with Crippen LogP contribution in [0.5, 0.6) is 5.75 Å². The molecule has 0 aliphatic carbocycles. The lowest BCUT2D eigenvalue weighted by Gasteiger charge is -2.27. The molecule has 1 aliphatic rings. The van der Waals surface area contributed by atoms with E-state index in [0.717, 1.165) is 47.7 Å². The van der Waals surface area contributed by atoms with Gasteiger partial charge in [-0.15, -0.1) is 0 Å². The molecule has 0 saturated carbocycles. The number of carbonyl (C=O) groups excluding carboxylic acids is 1. The zero-order valence-electron chi connectivity index (χ0n) is 18.1. The van der Waals surface area contributed by atoms with Crippen LogP contribution in [0.2, 0.25) is 0 Å². The maximum absolute atomic E-state index is 12.0. The Morgan fingerprint density at radius 1 is 1.13 bits per heavy atom. The third-order valence-electron chi connectivity index (χ3n) is 5.71. The highest BCUT2D eigenvalue weighted by atomic mass is 16.5. The first-order chi connectivity index (χ1) is 15.1. The molecule has 0 bridgehead atoms. The predicted octanol–water partition coefficient (Wildman–Crippen LogP) is 2.74. The number of carboxylic acids is 1. The number of pyridine rings is 1. The minimum Gasteiger partial charge on any atom is -0.545 e. The Balaban J connectivity index is 1.69. The number of carboxylic acid groups (broad SMARTS) is 1. The topological polar surface area (TPSA) is 66.7 Å². The average Bonchev–Trinajstić information content (AvgIpc) is 2.76. The average molecular weight is 417 g/mol. The van der Waals surface area contributed by atoms with Gasteiger partial charge in [-0.25, -0.2) is 4.98 Å². The third-order valence-corrected chi connectivity index (χ3v) is 5.71. The number of nitrogens with one attached hydrogen (secondary N) is 1. The second kappa shape index (κ2) is 9.31. The second-order valence-electron chi connectivity index (χ2n) is 8.22. The van der Waals surface area contributed by atoms with Crippen molar-refractivity contribution < 1.29 is 19.5 Å². The van der Waals surface area contributed by atoms with Crippen LogP contribution in [0.1, 0.15) is 53.4 Å². The summed E-state index contributed by atoms with van der Waals surface area (Å²) in [6.45, 7) is 4.30. The number of nitrogens with zero attached hydrogens (tertiary/aromatic N) is 1. The molecule has 31 heavy (non-hydrogen) atoms. The highest BCUT2D eigenvalue weighted by Gasteiger charge is 2.27. The number of aromatic nitrogens is 1. The van der Waals surface area contributed by atoms with E-state index < -0.39 is 5.97 Å². The molecule has 1 N–H and O–H groups in total. The molecule has 0 spiro atoms. The van der Waals surface area contributed by atoms with E-state index in [0.29, 0.717) is 17.4 Å². The number of quaternary nitrogens is 1. The molecule has 0 fully saturated rings. The van der Waals surface area contributed by atoms with Crippen LogP contribution in [0.3, 0.4) is 0 Å². The first kappa shape index (κ1) is 21.1. The maximum Gasteiger partial charge on any atom is 0.119 e. The summed E-state index contributed by atoms with van der Waals surface area (Å²) in [6.07, 6.45) is 5.52. The lowest BCUT2D eigenvalue weighted by atomic mass is 9.92. The number of hydrogen-bond acceptors (Lipinski definition) is 4. The zero-order chi connectivity index (χ0) is 21.8. The summed E-state index contributed by atoms with van der Waals surface area (Å²) < 4.78 is 5.81. The fourth-order valence-corrected chi connectivity index (χ4v) is 4.22. The monoisotopic (exact) mass is 416 g/mol. The normalized spacial score (nSPS) is 17.0. The molecule has 2 aromatic carbocycles. The lowest BCUT2D eigenvalue weighted by Crippen LogP contribution is -3.08. The van der Waals surface area contributed by atoms with Gasteiger partial charge in [0.1, 0.15) is 18.8 Å². The summed E-state index contributed by atoms with van der Waals surface area (Å²) in [5.41, 5.74) is 4.54. The van der Waals surface area contributed by atoms with Crippen LogP contribution in [-0.2, 0) is 6.54 Å². The Kier molecular flexibility index (Phi) is 6.33. The summed E-state index contributed by atoms with van der Waals surface area (Å²) >= 11 is 0. The Morgan fingerprint density at radius 3 is 2.65 bits per heavy atom. The predicted molar refractivity (Wildman–Crippen MR) is 121 cm³/mol. The van der Waals surface area contributed by atoms with Crippen molar-refractivity contribution in [2.45, 2.75) is 32.7 Å². The first-order valence-corrected chi connectivity index (χ1v) is 10.9. The standard InChI is InChI=1S/C26H28N2O3/c1-3-4-7-14-31-20-12-10-18(11-13-20)15-19-16-28(2)17-22-24(26(29)30)21-8-5-6-9-23(21)27-25(19)22/h5-6,8-13,15H,3-4,7,14,16-17H2,1-2H3,(H,29,30)/b19-15+. The van der Waals surface area contributed by atoms with Crippen molar-refractivity contribution >= 4 is 28.5 Å². The van der Waals surface area contributed by atoms with E-state index in [1.807, 2.05) is 42.5 Å². The van der Waals surface area contributed by atoms with Gasteiger partial charge < -0.3 is 19.5 Å². The van der Waals surface area contributed by atoms with E-state index >= 15 is 0 Å². The van der Waals surface area contributed by atoms with Crippen molar-refractivity contribution in [3.8, 4) is 5.75 Å². The minimum absolute atomic E-state index is 0.265. The molecular formula is C26H28N2O3. The summed E-state index contributed by atoms with van der Waals surface area (Å²) in [7, 11) is 2.07. The van der Waals surface area contributed by atoms with E-state index in [-0.39, 0.29) is 5.56 Å². The quantitative estimate of drug-likeness (QED) is 0.602. The van der Waals surface area contributed by atoms with Gasteiger partial charge in [-0.2, -0.15) is 0 Å². The first-order valence-electron chi connectivity index (χ1n) is 10.9. The van der Waals surface area contributed by atoms with Crippen LogP contribution in [0.4, 0.5) is 0 Å². The van der Waals surface area contributed by atoms with Crippen molar-refractivity contribution in [3.63, 3.8) is 0 Å². The molecule has 1 aliphatic heterocycles. The molecule has 3 aromatic rings.